The van der Waals surface area contributed by atoms with Gasteiger partial charge in [-0.05, 0) is 75.8 Å². The van der Waals surface area contributed by atoms with Gasteiger partial charge in [-0.1, -0.05) is 12.1 Å². The zero-order valence-electron chi connectivity index (χ0n) is 23.8. The summed E-state index contributed by atoms with van der Waals surface area (Å²) in [7, 11) is 3.21. The molecule has 0 bridgehead atoms. The first-order valence-electron chi connectivity index (χ1n) is 14.1. The Bertz CT molecular complexity index is 1290. The van der Waals surface area contributed by atoms with E-state index in [4.69, 9.17) is 14.2 Å². The van der Waals surface area contributed by atoms with Crippen LogP contribution in [0, 0.1) is 5.92 Å². The fraction of sp³-hybridized carbons (Fsp3) is 0.516. The van der Waals surface area contributed by atoms with Gasteiger partial charge in [-0.15, -0.1) is 0 Å². The van der Waals surface area contributed by atoms with E-state index in [1.165, 1.54) is 4.90 Å². The summed E-state index contributed by atoms with van der Waals surface area (Å²) in [4.78, 5) is 43.8. The number of nitrogens with zero attached hydrogens (tertiary/aromatic N) is 2. The fourth-order valence-corrected chi connectivity index (χ4v) is 6.22. The third-order valence-corrected chi connectivity index (χ3v) is 8.25. The summed E-state index contributed by atoms with van der Waals surface area (Å²) in [6.45, 7) is 6.26. The topological polar surface area (TPSA) is 97.4 Å². The number of ether oxygens (including phenoxy) is 3. The van der Waals surface area contributed by atoms with Crippen LogP contribution in [0.5, 0.6) is 11.5 Å². The summed E-state index contributed by atoms with van der Waals surface area (Å²) < 4.78 is 16.5. The van der Waals surface area contributed by atoms with Crippen molar-refractivity contribution in [2.75, 3.05) is 45.4 Å². The number of hydrogen-bond donors (Lipinski definition) is 1. The Morgan fingerprint density at radius 1 is 1.07 bits per heavy atom. The van der Waals surface area contributed by atoms with E-state index in [-0.39, 0.29) is 35.3 Å². The van der Waals surface area contributed by atoms with E-state index in [1.54, 1.807) is 20.3 Å². The molecule has 2 atom stereocenters. The van der Waals surface area contributed by atoms with Crippen molar-refractivity contribution in [2.24, 2.45) is 5.92 Å². The highest BCUT2D eigenvalue weighted by molar-refractivity contribution is 6.24. The van der Waals surface area contributed by atoms with Crippen LogP contribution in [0.1, 0.15) is 65.8 Å². The Balaban J connectivity index is 1.24. The summed E-state index contributed by atoms with van der Waals surface area (Å²) in [5.74, 6) is 0.674. The van der Waals surface area contributed by atoms with E-state index in [9.17, 15) is 14.4 Å². The number of fused-ring (bicyclic) bond motifs is 1. The van der Waals surface area contributed by atoms with Crippen molar-refractivity contribution in [3.05, 3.63) is 53.1 Å². The van der Waals surface area contributed by atoms with Crippen LogP contribution in [0.4, 0.5) is 5.69 Å². The number of carbonyl (C=O) groups is 3. The predicted octanol–water partition coefficient (Wildman–Crippen LogP) is 3.83. The first kappa shape index (κ1) is 28.0. The van der Waals surface area contributed by atoms with Crippen LogP contribution in [-0.2, 0) is 16.0 Å². The maximum absolute atomic E-state index is 13.7. The standard InChI is InChI=1S/C31H39N3O6/c1-31(2)18-22(13-16-40-31)34-29(36)23-8-5-9-24(27(23)30(34)37)33-15-6-7-21(19-33)28(35)32-14-12-20-10-11-25(38-3)26(17-20)39-4/h5,8-11,17,21-22H,6-7,12-16,18-19H2,1-4H3,(H,32,35). The number of imide groups is 1. The molecule has 3 aliphatic rings. The van der Waals surface area contributed by atoms with Gasteiger partial charge >= 0.3 is 0 Å². The lowest BCUT2D eigenvalue weighted by Crippen LogP contribution is -2.48. The monoisotopic (exact) mass is 549 g/mol. The average Bonchev–Trinajstić information content (AvgIpc) is 3.21. The van der Waals surface area contributed by atoms with E-state index in [2.05, 4.69) is 10.2 Å². The van der Waals surface area contributed by atoms with E-state index >= 15 is 0 Å². The van der Waals surface area contributed by atoms with Crippen LogP contribution in [0.2, 0.25) is 0 Å². The minimum atomic E-state index is -0.381. The molecule has 3 amide bonds. The number of rotatable bonds is 8. The molecule has 214 valence electrons. The van der Waals surface area contributed by atoms with Gasteiger partial charge in [0.1, 0.15) is 0 Å². The lowest BCUT2D eigenvalue weighted by molar-refractivity contribution is -0.125. The fourth-order valence-electron chi connectivity index (χ4n) is 6.22. The van der Waals surface area contributed by atoms with Gasteiger partial charge in [0.25, 0.3) is 11.8 Å². The summed E-state index contributed by atoms with van der Waals surface area (Å²) in [6, 6.07) is 11.0. The Morgan fingerprint density at radius 2 is 1.88 bits per heavy atom. The Kier molecular flexibility index (Phi) is 8.03. The molecule has 2 unspecified atom stereocenters. The van der Waals surface area contributed by atoms with Crippen molar-refractivity contribution >= 4 is 23.4 Å². The van der Waals surface area contributed by atoms with Crippen molar-refractivity contribution in [3.8, 4) is 11.5 Å². The van der Waals surface area contributed by atoms with Gasteiger partial charge in [-0.3, -0.25) is 19.3 Å². The van der Waals surface area contributed by atoms with E-state index in [0.717, 1.165) is 30.6 Å². The van der Waals surface area contributed by atoms with Crippen molar-refractivity contribution in [3.63, 3.8) is 0 Å². The molecule has 40 heavy (non-hydrogen) atoms. The molecule has 2 fully saturated rings. The van der Waals surface area contributed by atoms with Crippen molar-refractivity contribution < 1.29 is 28.6 Å². The molecule has 3 aliphatic heterocycles. The second kappa shape index (κ2) is 11.5. The molecule has 1 N–H and O–H groups in total. The van der Waals surface area contributed by atoms with Gasteiger partial charge in [0.05, 0.1) is 42.6 Å². The van der Waals surface area contributed by atoms with Crippen LogP contribution in [-0.4, -0.2) is 74.7 Å². The highest BCUT2D eigenvalue weighted by Crippen LogP contribution is 2.38. The Morgan fingerprint density at radius 3 is 2.62 bits per heavy atom. The molecular formula is C31H39N3O6. The predicted molar refractivity (Wildman–Crippen MR) is 151 cm³/mol. The van der Waals surface area contributed by atoms with Crippen LogP contribution >= 0.6 is 0 Å². The maximum Gasteiger partial charge on any atom is 0.263 e. The number of amides is 3. The number of hydrogen-bond acceptors (Lipinski definition) is 7. The largest absolute Gasteiger partial charge is 0.493 e. The molecule has 2 aromatic carbocycles. The SMILES string of the molecule is COc1ccc(CCNC(=O)C2CCCN(c3cccc4c3C(=O)N(C3CCOC(C)(C)C3)C4=O)C2)cc1OC. The molecule has 2 saturated heterocycles. The second-order valence-corrected chi connectivity index (χ2v) is 11.5. The Hall–Kier alpha value is -3.59. The second-order valence-electron chi connectivity index (χ2n) is 11.5. The molecule has 0 aromatic heterocycles. The maximum atomic E-state index is 13.7. The first-order chi connectivity index (χ1) is 19.2. The molecule has 3 heterocycles. The molecular weight excluding hydrogens is 510 g/mol. The number of anilines is 1. The van der Waals surface area contributed by atoms with E-state index in [1.807, 2.05) is 44.2 Å². The van der Waals surface area contributed by atoms with Crippen molar-refractivity contribution in [1.29, 1.82) is 0 Å². The third-order valence-electron chi connectivity index (χ3n) is 8.25. The lowest BCUT2D eigenvalue weighted by Gasteiger charge is -2.39. The van der Waals surface area contributed by atoms with Gasteiger partial charge in [-0.2, -0.15) is 0 Å². The third kappa shape index (κ3) is 5.52. The number of piperidine rings is 1. The highest BCUT2D eigenvalue weighted by atomic mass is 16.5. The number of methoxy groups -OCH3 is 2. The van der Waals surface area contributed by atoms with Gasteiger partial charge in [0.2, 0.25) is 5.91 Å². The summed E-state index contributed by atoms with van der Waals surface area (Å²) in [5.41, 5.74) is 2.32. The summed E-state index contributed by atoms with van der Waals surface area (Å²) in [5, 5.41) is 3.09. The normalized spacial score (nSPS) is 22.2. The summed E-state index contributed by atoms with van der Waals surface area (Å²) >= 11 is 0. The van der Waals surface area contributed by atoms with Gasteiger partial charge in [0.15, 0.2) is 11.5 Å². The van der Waals surface area contributed by atoms with E-state index in [0.29, 0.717) is 61.6 Å². The van der Waals surface area contributed by atoms with Gasteiger partial charge in [0, 0.05) is 32.3 Å². The molecule has 2 aromatic rings. The molecule has 5 rings (SSSR count). The smallest absolute Gasteiger partial charge is 0.263 e. The Labute approximate surface area is 235 Å². The number of nitrogens with one attached hydrogen (secondary N) is 1. The zero-order valence-corrected chi connectivity index (χ0v) is 23.8. The van der Waals surface area contributed by atoms with Crippen LogP contribution in [0.15, 0.2) is 36.4 Å². The molecule has 0 spiro atoms. The lowest BCUT2D eigenvalue weighted by atomic mass is 9.93. The van der Waals surface area contributed by atoms with Gasteiger partial charge in [-0.25, -0.2) is 0 Å². The molecule has 9 nitrogen and oxygen atoms in total. The van der Waals surface area contributed by atoms with Crippen LogP contribution in [0.25, 0.3) is 0 Å². The number of carbonyl (C=O) groups excluding carboxylic acids is 3. The molecule has 9 heteroatoms. The number of benzene rings is 2. The van der Waals surface area contributed by atoms with Crippen molar-refractivity contribution in [2.45, 2.75) is 57.6 Å². The van der Waals surface area contributed by atoms with Crippen LogP contribution in [0.3, 0.4) is 0 Å². The van der Waals surface area contributed by atoms with Crippen LogP contribution < -0.4 is 19.7 Å². The highest BCUT2D eigenvalue weighted by Gasteiger charge is 2.45. The summed E-state index contributed by atoms with van der Waals surface area (Å²) in [6.07, 6.45) is 3.54. The first-order valence-corrected chi connectivity index (χ1v) is 14.1. The molecule has 0 radical (unpaired) electrons. The van der Waals surface area contributed by atoms with Crippen molar-refractivity contribution in [1.82, 2.24) is 10.2 Å². The zero-order chi connectivity index (χ0) is 28.4. The molecule has 0 aliphatic carbocycles. The van der Waals surface area contributed by atoms with Gasteiger partial charge < -0.3 is 24.4 Å². The minimum Gasteiger partial charge on any atom is -0.493 e. The quantitative estimate of drug-likeness (QED) is 0.500. The van der Waals surface area contributed by atoms with E-state index < -0.39 is 0 Å². The minimum absolute atomic E-state index is 0.00576. The molecule has 0 saturated carbocycles. The average molecular weight is 550 g/mol.